The van der Waals surface area contributed by atoms with Crippen LogP contribution in [0.4, 0.5) is 0 Å². The van der Waals surface area contributed by atoms with E-state index in [4.69, 9.17) is 23.7 Å². The topological polar surface area (TPSA) is 124 Å². The minimum Gasteiger partial charge on any atom is -0.497 e. The first-order valence-corrected chi connectivity index (χ1v) is 14.0. The van der Waals surface area contributed by atoms with Crippen LogP contribution in [0.3, 0.4) is 0 Å². The summed E-state index contributed by atoms with van der Waals surface area (Å²) in [5.74, 6) is 0.200. The van der Waals surface area contributed by atoms with Gasteiger partial charge in [-0.15, -0.1) is 0 Å². The highest BCUT2D eigenvalue weighted by molar-refractivity contribution is 5.86. The molecule has 10 heteroatoms. The lowest BCUT2D eigenvalue weighted by Gasteiger charge is -2.48. The van der Waals surface area contributed by atoms with Gasteiger partial charge in [0.1, 0.15) is 5.76 Å². The van der Waals surface area contributed by atoms with E-state index in [-0.39, 0.29) is 13.2 Å². The summed E-state index contributed by atoms with van der Waals surface area (Å²) in [6.45, 7) is 7.26. The third kappa shape index (κ3) is 4.63. The number of esters is 2. The highest BCUT2D eigenvalue weighted by Crippen LogP contribution is 2.59. The largest absolute Gasteiger partial charge is 0.497 e. The Balaban J connectivity index is 1.55. The molecule has 1 aromatic rings. The number of hydrogen-bond donors (Lipinski definition) is 2. The molecule has 5 rings (SSSR count). The highest BCUT2D eigenvalue weighted by Gasteiger charge is 2.66. The van der Waals surface area contributed by atoms with Crippen molar-refractivity contribution in [3.63, 3.8) is 0 Å². The second-order valence-electron chi connectivity index (χ2n) is 12.3. The van der Waals surface area contributed by atoms with Crippen molar-refractivity contribution in [2.75, 3.05) is 34.1 Å². The first-order chi connectivity index (χ1) is 18.9. The van der Waals surface area contributed by atoms with Crippen molar-refractivity contribution in [1.82, 2.24) is 4.90 Å². The average Bonchev–Trinajstić information content (AvgIpc) is 3.57. The van der Waals surface area contributed by atoms with Gasteiger partial charge in [0, 0.05) is 6.54 Å². The van der Waals surface area contributed by atoms with Gasteiger partial charge in [0.15, 0.2) is 23.2 Å². The van der Waals surface area contributed by atoms with Gasteiger partial charge in [0.2, 0.25) is 6.79 Å². The van der Waals surface area contributed by atoms with Crippen molar-refractivity contribution >= 4 is 11.9 Å². The minimum absolute atomic E-state index is 0.0765. The van der Waals surface area contributed by atoms with Gasteiger partial charge in [0.05, 0.1) is 37.2 Å². The number of hydrogen-bond acceptors (Lipinski definition) is 10. The van der Waals surface area contributed by atoms with Crippen LogP contribution in [0.15, 0.2) is 24.0 Å². The number of benzene rings is 1. The molecule has 220 valence electrons. The van der Waals surface area contributed by atoms with Crippen LogP contribution in [0.2, 0.25) is 0 Å². The number of carbonyl (C=O) groups excluding carboxylic acids is 2. The van der Waals surface area contributed by atoms with E-state index in [1.807, 2.05) is 12.1 Å². The Kier molecular flexibility index (Phi) is 7.34. The normalized spacial score (nSPS) is 28.5. The second kappa shape index (κ2) is 10.2. The molecule has 1 spiro atoms. The van der Waals surface area contributed by atoms with Gasteiger partial charge in [0.25, 0.3) is 0 Å². The monoisotopic (exact) mass is 559 g/mol. The van der Waals surface area contributed by atoms with Gasteiger partial charge in [-0.25, -0.2) is 4.79 Å². The molecule has 1 unspecified atom stereocenters. The predicted molar refractivity (Wildman–Crippen MR) is 144 cm³/mol. The van der Waals surface area contributed by atoms with Crippen LogP contribution in [0.25, 0.3) is 0 Å². The third-order valence-electron chi connectivity index (χ3n) is 9.31. The summed E-state index contributed by atoms with van der Waals surface area (Å²) in [6, 6.07) is 4.02. The van der Waals surface area contributed by atoms with Crippen LogP contribution in [0, 0.1) is 0 Å². The number of methoxy groups -OCH3 is 2. The van der Waals surface area contributed by atoms with Crippen LogP contribution in [0.5, 0.6) is 11.5 Å². The Morgan fingerprint density at radius 2 is 1.85 bits per heavy atom. The number of ether oxygens (including phenoxy) is 5. The first-order valence-electron chi connectivity index (χ1n) is 14.0. The zero-order chi connectivity index (χ0) is 28.9. The van der Waals surface area contributed by atoms with E-state index in [0.29, 0.717) is 30.1 Å². The maximum Gasteiger partial charge on any atom is 0.339 e. The molecule has 0 aromatic heterocycles. The van der Waals surface area contributed by atoms with Crippen molar-refractivity contribution < 1.29 is 43.5 Å². The quantitative estimate of drug-likeness (QED) is 0.437. The number of carbonyl (C=O) groups is 2. The van der Waals surface area contributed by atoms with Crippen molar-refractivity contribution in [3.05, 3.63) is 35.1 Å². The average molecular weight is 560 g/mol. The van der Waals surface area contributed by atoms with Gasteiger partial charge in [-0.05, 0) is 95.2 Å². The summed E-state index contributed by atoms with van der Waals surface area (Å²) in [5, 5.41) is 21.8. The van der Waals surface area contributed by atoms with Gasteiger partial charge in [-0.2, -0.15) is 0 Å². The zero-order valence-corrected chi connectivity index (χ0v) is 24.1. The smallest absolute Gasteiger partial charge is 0.339 e. The Labute approximate surface area is 235 Å². The van der Waals surface area contributed by atoms with Gasteiger partial charge in [-0.3, -0.25) is 9.69 Å². The van der Waals surface area contributed by atoms with E-state index in [0.717, 1.165) is 43.5 Å². The van der Waals surface area contributed by atoms with E-state index < -0.39 is 46.6 Å². The minimum atomic E-state index is -2.14. The maximum atomic E-state index is 13.9. The van der Waals surface area contributed by atoms with Crippen LogP contribution in [0.1, 0.15) is 70.4 Å². The molecule has 0 saturated carbocycles. The van der Waals surface area contributed by atoms with E-state index in [9.17, 15) is 19.8 Å². The molecular weight excluding hydrogens is 518 g/mol. The molecule has 1 aromatic carbocycles. The molecule has 3 heterocycles. The summed E-state index contributed by atoms with van der Waals surface area (Å²) < 4.78 is 28.4. The van der Waals surface area contributed by atoms with Crippen LogP contribution in [-0.2, 0) is 35.6 Å². The molecule has 1 saturated heterocycles. The molecule has 1 fully saturated rings. The van der Waals surface area contributed by atoms with Crippen molar-refractivity contribution in [3.8, 4) is 11.5 Å². The molecule has 4 atom stereocenters. The van der Waals surface area contributed by atoms with Crippen molar-refractivity contribution in [1.29, 1.82) is 0 Å². The number of aliphatic hydroxyl groups is 2. The molecule has 10 nitrogen and oxygen atoms in total. The van der Waals surface area contributed by atoms with Crippen LogP contribution < -0.4 is 9.47 Å². The summed E-state index contributed by atoms with van der Waals surface area (Å²) in [4.78, 5) is 28.6. The molecule has 0 amide bonds. The van der Waals surface area contributed by atoms with Gasteiger partial charge < -0.3 is 33.9 Å². The Morgan fingerprint density at radius 3 is 2.52 bits per heavy atom. The Bertz CT molecular complexity index is 1210. The number of nitrogens with zero attached hydrogens (tertiary/aromatic N) is 1. The summed E-state index contributed by atoms with van der Waals surface area (Å²) in [7, 11) is 2.77. The highest BCUT2D eigenvalue weighted by atomic mass is 16.7. The SMILES string of the molecule is COC(=O)CC(O)(CCCC(C)(C)O)C(=O)O[C@H]1C(OC)=C[C@@]23CCCN2CCc2cc4c(cc2[C@]13C)OCO4. The Morgan fingerprint density at radius 1 is 1.12 bits per heavy atom. The van der Waals surface area contributed by atoms with Crippen LogP contribution >= 0.6 is 0 Å². The van der Waals surface area contributed by atoms with Crippen LogP contribution in [-0.4, -0.2) is 84.0 Å². The summed E-state index contributed by atoms with van der Waals surface area (Å²) >= 11 is 0. The number of fused-ring (bicyclic) bond motifs is 3. The fraction of sp³-hybridized carbons (Fsp3) is 0.667. The second-order valence-corrected chi connectivity index (χ2v) is 12.3. The lowest BCUT2D eigenvalue weighted by atomic mass is 9.65. The lowest BCUT2D eigenvalue weighted by Crippen LogP contribution is -2.59. The molecule has 4 aliphatic rings. The molecule has 3 aliphatic heterocycles. The van der Waals surface area contributed by atoms with Crippen molar-refractivity contribution in [2.24, 2.45) is 0 Å². The fourth-order valence-electron chi connectivity index (χ4n) is 7.18. The number of rotatable bonds is 9. The van der Waals surface area contributed by atoms with Gasteiger partial charge in [-0.1, -0.05) is 0 Å². The Hall–Kier alpha value is -2.82. The van der Waals surface area contributed by atoms with E-state index in [1.165, 1.54) is 7.11 Å². The maximum absolute atomic E-state index is 13.9. The molecule has 40 heavy (non-hydrogen) atoms. The summed E-state index contributed by atoms with van der Waals surface area (Å²) in [5.41, 5.74) is -2.32. The molecule has 0 radical (unpaired) electrons. The third-order valence-corrected chi connectivity index (χ3v) is 9.31. The van der Waals surface area contributed by atoms with E-state index in [2.05, 4.69) is 17.9 Å². The fourth-order valence-corrected chi connectivity index (χ4v) is 7.18. The van der Waals surface area contributed by atoms with Crippen molar-refractivity contribution in [2.45, 2.75) is 94.0 Å². The molecular formula is C30H41NO9. The van der Waals surface area contributed by atoms with E-state index >= 15 is 0 Å². The summed E-state index contributed by atoms with van der Waals surface area (Å²) in [6.07, 6.45) is 3.82. The molecule has 0 bridgehead atoms. The predicted octanol–water partition coefficient (Wildman–Crippen LogP) is 2.75. The lowest BCUT2D eigenvalue weighted by molar-refractivity contribution is -0.181. The zero-order valence-electron chi connectivity index (χ0n) is 24.1. The first kappa shape index (κ1) is 28.7. The standard InChI is InChI=1S/C30H41NO9/c1-27(2,34)9-6-10-29(35,17-24(32)37-5)26(33)40-25-23(36-4)16-30-11-7-12-31(30)13-8-19-14-21-22(39-18-38-21)15-20(19)28(25,30)3/h14-16,25,34-35H,6-13,17-18H2,1-5H3/t25-,28+,29?,30+/m0/s1. The van der Waals surface area contributed by atoms with E-state index in [1.54, 1.807) is 21.0 Å². The van der Waals surface area contributed by atoms with Gasteiger partial charge >= 0.3 is 11.9 Å². The molecule has 1 aliphatic carbocycles. The molecule has 2 N–H and O–H groups in total.